The van der Waals surface area contributed by atoms with Crippen LogP contribution < -0.4 is 5.73 Å². The number of nitriles is 1. The summed E-state index contributed by atoms with van der Waals surface area (Å²) in [6, 6.07) is 14.9. The smallest absolute Gasteiger partial charge is 0.351 e. The molecule has 1 amide bonds. The summed E-state index contributed by atoms with van der Waals surface area (Å²) < 4.78 is 5.70. The minimum absolute atomic E-state index is 0.0150. The Kier molecular flexibility index (Phi) is 4.94. The molecule has 0 saturated carbocycles. The molecule has 2 aromatic rings. The number of likely N-dealkylation sites (N-methyl/N-ethyl adjacent to an activating group) is 1. The summed E-state index contributed by atoms with van der Waals surface area (Å²) in [6.45, 7) is 2.24. The second-order valence-corrected chi connectivity index (χ2v) is 7.89. The van der Waals surface area contributed by atoms with Crippen LogP contribution in [0.25, 0.3) is 0 Å². The Morgan fingerprint density at radius 3 is 2.67 bits per heavy atom. The molecular formula is C23H20ClN4O2+. The first-order valence-corrected chi connectivity index (χ1v) is 9.80. The monoisotopic (exact) mass is 419 g/mol. The number of hydrogen-bond acceptors (Lipinski definition) is 5. The molecule has 2 unspecified atom stereocenters. The third kappa shape index (κ3) is 3.09. The van der Waals surface area contributed by atoms with Crippen molar-refractivity contribution in [1.29, 1.82) is 5.26 Å². The van der Waals surface area contributed by atoms with E-state index in [2.05, 4.69) is 11.1 Å². The van der Waals surface area contributed by atoms with E-state index in [0.29, 0.717) is 28.5 Å². The number of rotatable bonds is 3. The number of carbonyl (C=O) groups excluding carboxylic acids is 1. The number of benzene rings is 1. The predicted molar refractivity (Wildman–Crippen MR) is 112 cm³/mol. The van der Waals surface area contributed by atoms with Crippen molar-refractivity contribution in [3.8, 4) is 6.07 Å². The maximum Gasteiger partial charge on any atom is 0.351 e. The average molecular weight is 420 g/mol. The number of ether oxygens (including phenoxy) is 1. The Bertz CT molecular complexity index is 1180. The normalized spacial score (nSPS) is 23.5. The van der Waals surface area contributed by atoms with Gasteiger partial charge >= 0.3 is 5.91 Å². The molecule has 6 nitrogen and oxygen atoms in total. The van der Waals surface area contributed by atoms with Crippen molar-refractivity contribution in [2.24, 2.45) is 5.73 Å². The van der Waals surface area contributed by atoms with Crippen molar-refractivity contribution < 1.29 is 14.0 Å². The van der Waals surface area contributed by atoms with Crippen LogP contribution in [0.5, 0.6) is 0 Å². The topological polar surface area (TPSA) is 89.0 Å². The van der Waals surface area contributed by atoms with Crippen LogP contribution in [0.1, 0.15) is 24.1 Å². The molecule has 2 aliphatic heterocycles. The van der Waals surface area contributed by atoms with Crippen LogP contribution >= 0.6 is 11.6 Å². The van der Waals surface area contributed by atoms with Gasteiger partial charge in [0, 0.05) is 24.2 Å². The van der Waals surface area contributed by atoms with Crippen LogP contribution in [-0.4, -0.2) is 22.4 Å². The van der Waals surface area contributed by atoms with E-state index in [-0.39, 0.29) is 21.8 Å². The second kappa shape index (κ2) is 7.45. The number of nitrogens with zero attached hydrogens (tertiary/aromatic N) is 3. The summed E-state index contributed by atoms with van der Waals surface area (Å²) in [4.78, 5) is 18.3. The first-order valence-electron chi connectivity index (χ1n) is 9.42. The van der Waals surface area contributed by atoms with Crippen molar-refractivity contribution in [2.75, 3.05) is 7.05 Å². The van der Waals surface area contributed by atoms with E-state index >= 15 is 0 Å². The van der Waals surface area contributed by atoms with Gasteiger partial charge in [0.25, 0.3) is 0 Å². The summed E-state index contributed by atoms with van der Waals surface area (Å²) in [5.41, 5.74) is 8.82. The van der Waals surface area contributed by atoms with E-state index in [0.717, 1.165) is 11.4 Å². The van der Waals surface area contributed by atoms with E-state index in [1.807, 2.05) is 44.3 Å². The van der Waals surface area contributed by atoms with Gasteiger partial charge in [-0.15, -0.1) is 0 Å². The van der Waals surface area contributed by atoms with Gasteiger partial charge in [0.15, 0.2) is 0 Å². The third-order valence-corrected chi connectivity index (χ3v) is 6.01. The van der Waals surface area contributed by atoms with Gasteiger partial charge in [-0.2, -0.15) is 5.26 Å². The molecule has 30 heavy (non-hydrogen) atoms. The molecule has 7 heteroatoms. The van der Waals surface area contributed by atoms with Crippen molar-refractivity contribution in [3.05, 3.63) is 99.5 Å². The molecule has 2 aliphatic rings. The number of nitrogens with two attached hydrogens (primary N) is 1. The van der Waals surface area contributed by atoms with E-state index in [1.165, 1.54) is 0 Å². The average Bonchev–Trinajstić information content (AvgIpc) is 2.73. The van der Waals surface area contributed by atoms with E-state index < -0.39 is 5.92 Å². The lowest BCUT2D eigenvalue weighted by atomic mass is 9.80. The fourth-order valence-electron chi connectivity index (χ4n) is 3.90. The minimum atomic E-state index is -0.703. The zero-order chi connectivity index (χ0) is 21.5. The van der Waals surface area contributed by atoms with Gasteiger partial charge in [-0.25, -0.2) is 9.28 Å². The van der Waals surface area contributed by atoms with Crippen LogP contribution in [0.3, 0.4) is 0 Å². The summed E-state index contributed by atoms with van der Waals surface area (Å²) >= 11 is 6.46. The molecule has 150 valence electrons. The molecule has 0 spiro atoms. The zero-order valence-electron chi connectivity index (χ0n) is 16.6. The Hall–Kier alpha value is -3.40. The van der Waals surface area contributed by atoms with Crippen molar-refractivity contribution in [1.82, 2.24) is 4.98 Å². The quantitative estimate of drug-likeness (QED) is 0.762. The predicted octanol–water partition coefficient (Wildman–Crippen LogP) is 3.89. The van der Waals surface area contributed by atoms with Crippen molar-refractivity contribution in [3.63, 3.8) is 0 Å². The minimum Gasteiger partial charge on any atom is -0.440 e. The van der Waals surface area contributed by atoms with Gasteiger partial charge in [0.2, 0.25) is 5.88 Å². The van der Waals surface area contributed by atoms with E-state index in [9.17, 15) is 10.1 Å². The van der Waals surface area contributed by atoms with Crippen molar-refractivity contribution in [2.45, 2.75) is 19.4 Å². The molecule has 1 aromatic carbocycles. The third-order valence-electron chi connectivity index (χ3n) is 5.67. The number of pyridine rings is 1. The summed E-state index contributed by atoms with van der Waals surface area (Å²) in [5, 5.41) is 10.3. The van der Waals surface area contributed by atoms with Gasteiger partial charge in [-0.05, 0) is 23.8 Å². The fraction of sp³-hybridized carbons (Fsp3) is 0.174. The Labute approximate surface area is 179 Å². The number of amides is 1. The number of quaternary nitrogens is 1. The molecule has 3 heterocycles. The number of aromatic nitrogens is 1. The molecule has 0 radical (unpaired) electrons. The molecular weight excluding hydrogens is 400 g/mol. The number of halogens is 1. The van der Waals surface area contributed by atoms with Crippen molar-refractivity contribution >= 4 is 17.5 Å². The molecule has 2 N–H and O–H groups in total. The lowest BCUT2D eigenvalue weighted by Gasteiger charge is -2.38. The maximum atomic E-state index is 13.9. The Morgan fingerprint density at radius 2 is 2.00 bits per heavy atom. The highest BCUT2D eigenvalue weighted by atomic mass is 35.5. The van der Waals surface area contributed by atoms with Crippen LogP contribution in [0.2, 0.25) is 5.02 Å². The molecule has 4 rings (SSSR count). The fourth-order valence-corrected chi connectivity index (χ4v) is 4.15. The number of carbonyl (C=O) groups is 1. The molecule has 2 atom stereocenters. The zero-order valence-corrected chi connectivity index (χ0v) is 17.3. The first kappa shape index (κ1) is 19.9. The van der Waals surface area contributed by atoms with Gasteiger partial charge < -0.3 is 10.5 Å². The summed E-state index contributed by atoms with van der Waals surface area (Å²) in [6.07, 6.45) is 3.51. The lowest BCUT2D eigenvalue weighted by molar-refractivity contribution is -0.808. The summed E-state index contributed by atoms with van der Waals surface area (Å²) in [7, 11) is 1.84. The standard InChI is InChI=1S/C23H20ClN4O2/c1-14-11-19-21(23(29)28(14,2)13-15-7-5-6-10-27-15)20(17(12-25)22(26)30-19)16-8-3-4-9-18(16)24/h3-11,20H,13,26H2,1-2H3/q+1. The second-order valence-electron chi connectivity index (χ2n) is 7.49. The Balaban J connectivity index is 1.88. The first-order chi connectivity index (χ1) is 14.4. The van der Waals surface area contributed by atoms with Crippen LogP contribution in [-0.2, 0) is 16.1 Å². The highest BCUT2D eigenvalue weighted by Crippen LogP contribution is 2.46. The maximum absolute atomic E-state index is 13.9. The highest BCUT2D eigenvalue weighted by Gasteiger charge is 2.49. The lowest BCUT2D eigenvalue weighted by Crippen LogP contribution is -2.51. The van der Waals surface area contributed by atoms with Crippen LogP contribution in [0.15, 0.2) is 83.2 Å². The molecule has 0 aliphatic carbocycles. The molecule has 0 bridgehead atoms. The summed E-state index contributed by atoms with van der Waals surface area (Å²) in [5.74, 6) is -0.541. The van der Waals surface area contributed by atoms with Gasteiger partial charge in [0.05, 0.1) is 18.7 Å². The molecule has 0 fully saturated rings. The van der Waals surface area contributed by atoms with E-state index in [4.69, 9.17) is 22.1 Å². The van der Waals surface area contributed by atoms with Gasteiger partial charge in [-0.1, -0.05) is 35.9 Å². The number of allylic oxidation sites excluding steroid dienone is 3. The highest BCUT2D eigenvalue weighted by molar-refractivity contribution is 6.31. The van der Waals surface area contributed by atoms with Crippen LogP contribution in [0, 0.1) is 11.3 Å². The SMILES string of the molecule is CC1=CC2=C(C(=O)[N+]1(C)Cc1ccccn1)C(c1ccccc1Cl)C(C#N)=C(N)O2. The van der Waals surface area contributed by atoms with Gasteiger partial charge in [0.1, 0.15) is 35.2 Å². The largest absolute Gasteiger partial charge is 0.440 e. The molecule has 1 aromatic heterocycles. The van der Waals surface area contributed by atoms with Gasteiger partial charge in [-0.3, -0.25) is 4.98 Å². The van der Waals surface area contributed by atoms with Crippen LogP contribution in [0.4, 0.5) is 0 Å². The van der Waals surface area contributed by atoms with E-state index in [1.54, 1.807) is 24.4 Å². The Morgan fingerprint density at radius 1 is 1.27 bits per heavy atom. The molecule has 0 saturated heterocycles. The number of hydrogen-bond donors (Lipinski definition) is 1.